The molecule has 88 valence electrons. The zero-order valence-corrected chi connectivity index (χ0v) is 10.1. The Kier molecular flexibility index (Phi) is 3.28. The summed E-state index contributed by atoms with van der Waals surface area (Å²) in [5.74, 6) is 0. The molecule has 1 aliphatic heterocycles. The lowest BCUT2D eigenvalue weighted by atomic mass is 10.0. The molecule has 0 saturated carbocycles. The SMILES string of the molecule is CCNS(=O)(=O)N1CCc2ccccc2C1. The number of fused-ring (bicyclic) bond motifs is 1. The van der Waals surface area contributed by atoms with Crippen molar-refractivity contribution in [3.05, 3.63) is 35.4 Å². The second-order valence-electron chi connectivity index (χ2n) is 3.86. The van der Waals surface area contributed by atoms with Crippen LogP contribution in [0.5, 0.6) is 0 Å². The molecule has 1 aromatic carbocycles. The summed E-state index contributed by atoms with van der Waals surface area (Å²) < 4.78 is 27.6. The van der Waals surface area contributed by atoms with Gasteiger partial charge in [0.25, 0.3) is 10.2 Å². The van der Waals surface area contributed by atoms with Crippen LogP contribution in [0.3, 0.4) is 0 Å². The lowest BCUT2D eigenvalue weighted by Gasteiger charge is -2.27. The largest absolute Gasteiger partial charge is 0.279 e. The highest BCUT2D eigenvalue weighted by molar-refractivity contribution is 7.87. The second kappa shape index (κ2) is 4.53. The summed E-state index contributed by atoms with van der Waals surface area (Å²) in [6.07, 6.45) is 0.792. The number of nitrogens with one attached hydrogen (secondary N) is 1. The maximum absolute atomic E-state index is 11.8. The van der Waals surface area contributed by atoms with Crippen molar-refractivity contribution in [3.63, 3.8) is 0 Å². The van der Waals surface area contributed by atoms with E-state index in [1.165, 1.54) is 9.87 Å². The minimum atomic E-state index is -3.29. The third kappa shape index (κ3) is 2.26. The Labute approximate surface area is 96.5 Å². The van der Waals surface area contributed by atoms with Gasteiger partial charge in [0.1, 0.15) is 0 Å². The van der Waals surface area contributed by atoms with Crippen LogP contribution in [0.2, 0.25) is 0 Å². The molecular weight excluding hydrogens is 224 g/mol. The van der Waals surface area contributed by atoms with E-state index < -0.39 is 10.2 Å². The van der Waals surface area contributed by atoms with E-state index in [4.69, 9.17) is 0 Å². The summed E-state index contributed by atoms with van der Waals surface area (Å²) in [5, 5.41) is 0. The summed E-state index contributed by atoms with van der Waals surface area (Å²) >= 11 is 0. The molecule has 0 aliphatic carbocycles. The monoisotopic (exact) mass is 240 g/mol. The van der Waals surface area contributed by atoms with Gasteiger partial charge in [-0.1, -0.05) is 31.2 Å². The molecule has 5 heteroatoms. The first-order chi connectivity index (χ1) is 7.63. The summed E-state index contributed by atoms with van der Waals surface area (Å²) in [6, 6.07) is 7.99. The van der Waals surface area contributed by atoms with Gasteiger partial charge in [0.05, 0.1) is 0 Å². The highest BCUT2D eigenvalue weighted by atomic mass is 32.2. The van der Waals surface area contributed by atoms with Crippen LogP contribution in [0.1, 0.15) is 18.1 Å². The van der Waals surface area contributed by atoms with Crippen LogP contribution in [0.25, 0.3) is 0 Å². The van der Waals surface area contributed by atoms with Crippen molar-refractivity contribution in [2.75, 3.05) is 13.1 Å². The molecule has 1 aliphatic rings. The van der Waals surface area contributed by atoms with Gasteiger partial charge in [-0.15, -0.1) is 0 Å². The van der Waals surface area contributed by atoms with Crippen molar-refractivity contribution >= 4 is 10.2 Å². The fraction of sp³-hybridized carbons (Fsp3) is 0.455. The standard InChI is InChI=1S/C11H16N2O2S/c1-2-12-16(14,15)13-8-7-10-5-3-4-6-11(10)9-13/h3-6,12H,2,7-9H2,1H3. The minimum absolute atomic E-state index is 0.431. The van der Waals surface area contributed by atoms with E-state index in [1.54, 1.807) is 6.92 Å². The lowest BCUT2D eigenvalue weighted by Crippen LogP contribution is -2.43. The molecule has 1 N–H and O–H groups in total. The molecule has 0 bridgehead atoms. The second-order valence-corrected chi connectivity index (χ2v) is 5.61. The van der Waals surface area contributed by atoms with E-state index in [-0.39, 0.29) is 0 Å². The Morgan fingerprint density at radius 1 is 1.31 bits per heavy atom. The first-order valence-corrected chi connectivity index (χ1v) is 6.89. The van der Waals surface area contributed by atoms with Gasteiger partial charge in [-0.2, -0.15) is 12.7 Å². The molecule has 0 radical (unpaired) electrons. The summed E-state index contributed by atoms with van der Waals surface area (Å²) in [6.45, 7) is 3.26. The van der Waals surface area contributed by atoms with Crippen molar-refractivity contribution < 1.29 is 8.42 Å². The molecule has 1 heterocycles. The van der Waals surface area contributed by atoms with Crippen molar-refractivity contribution in [2.45, 2.75) is 19.9 Å². The van der Waals surface area contributed by atoms with Crippen molar-refractivity contribution in [3.8, 4) is 0 Å². The van der Waals surface area contributed by atoms with Crippen molar-refractivity contribution in [1.29, 1.82) is 0 Å². The maximum atomic E-state index is 11.8. The highest BCUT2D eigenvalue weighted by Crippen LogP contribution is 2.19. The third-order valence-electron chi connectivity index (χ3n) is 2.76. The van der Waals surface area contributed by atoms with Crippen LogP contribution in [0.4, 0.5) is 0 Å². The summed E-state index contributed by atoms with van der Waals surface area (Å²) in [7, 11) is -3.29. The maximum Gasteiger partial charge on any atom is 0.279 e. The van der Waals surface area contributed by atoms with E-state index in [9.17, 15) is 8.42 Å². The molecule has 0 atom stereocenters. The fourth-order valence-electron chi connectivity index (χ4n) is 1.95. The Bertz CT molecular complexity index is 471. The molecule has 1 aromatic rings. The molecule has 0 fully saturated rings. The average molecular weight is 240 g/mol. The fourth-order valence-corrected chi connectivity index (χ4v) is 3.14. The Hall–Kier alpha value is -0.910. The molecule has 0 aromatic heterocycles. The topological polar surface area (TPSA) is 49.4 Å². The van der Waals surface area contributed by atoms with Crippen molar-refractivity contribution in [1.82, 2.24) is 9.03 Å². The van der Waals surface area contributed by atoms with Crippen LogP contribution < -0.4 is 4.72 Å². The highest BCUT2D eigenvalue weighted by Gasteiger charge is 2.25. The smallest absolute Gasteiger partial charge is 0.202 e. The van der Waals surface area contributed by atoms with E-state index in [2.05, 4.69) is 10.8 Å². The minimum Gasteiger partial charge on any atom is -0.202 e. The van der Waals surface area contributed by atoms with Crippen LogP contribution in [-0.4, -0.2) is 25.8 Å². The molecule has 2 rings (SSSR count). The zero-order valence-electron chi connectivity index (χ0n) is 9.31. The normalized spacial score (nSPS) is 17.1. The van der Waals surface area contributed by atoms with Gasteiger partial charge in [0.15, 0.2) is 0 Å². The molecule has 16 heavy (non-hydrogen) atoms. The zero-order chi connectivity index (χ0) is 11.6. The number of benzene rings is 1. The Balaban J connectivity index is 2.20. The quantitative estimate of drug-likeness (QED) is 0.853. The van der Waals surface area contributed by atoms with E-state index >= 15 is 0 Å². The molecule has 0 spiro atoms. The van der Waals surface area contributed by atoms with Gasteiger partial charge in [-0.3, -0.25) is 0 Å². The average Bonchev–Trinajstić information content (AvgIpc) is 2.28. The van der Waals surface area contributed by atoms with Gasteiger partial charge in [-0.25, -0.2) is 4.72 Å². The van der Waals surface area contributed by atoms with Gasteiger partial charge < -0.3 is 0 Å². The van der Waals surface area contributed by atoms with Gasteiger partial charge in [-0.05, 0) is 17.5 Å². The number of hydrogen-bond acceptors (Lipinski definition) is 2. The molecule has 4 nitrogen and oxygen atoms in total. The predicted octanol–water partition coefficient (Wildman–Crippen LogP) is 0.899. The number of rotatable bonds is 3. The van der Waals surface area contributed by atoms with E-state index in [1.807, 2.05) is 18.2 Å². The lowest BCUT2D eigenvalue weighted by molar-refractivity contribution is 0.385. The number of nitrogens with zero attached hydrogens (tertiary/aromatic N) is 1. The third-order valence-corrected chi connectivity index (χ3v) is 4.41. The first-order valence-electron chi connectivity index (χ1n) is 5.45. The van der Waals surface area contributed by atoms with Gasteiger partial charge in [0, 0.05) is 19.6 Å². The van der Waals surface area contributed by atoms with Crippen LogP contribution in [-0.2, 0) is 23.2 Å². The predicted molar refractivity (Wildman–Crippen MR) is 63.2 cm³/mol. The first kappa shape index (κ1) is 11.6. The van der Waals surface area contributed by atoms with Crippen LogP contribution in [0.15, 0.2) is 24.3 Å². The van der Waals surface area contributed by atoms with E-state index in [0.717, 1.165) is 12.0 Å². The molecule has 0 saturated heterocycles. The van der Waals surface area contributed by atoms with E-state index in [0.29, 0.717) is 19.6 Å². The van der Waals surface area contributed by atoms with Gasteiger partial charge in [0.2, 0.25) is 0 Å². The summed E-state index contributed by atoms with van der Waals surface area (Å²) in [4.78, 5) is 0. The van der Waals surface area contributed by atoms with Crippen LogP contribution in [0, 0.1) is 0 Å². The van der Waals surface area contributed by atoms with Crippen LogP contribution >= 0.6 is 0 Å². The molecule has 0 unspecified atom stereocenters. The van der Waals surface area contributed by atoms with Crippen molar-refractivity contribution in [2.24, 2.45) is 0 Å². The molecule has 0 amide bonds. The molecular formula is C11H16N2O2S. The Morgan fingerprint density at radius 3 is 2.69 bits per heavy atom. The van der Waals surface area contributed by atoms with Gasteiger partial charge >= 0.3 is 0 Å². The number of hydrogen-bond donors (Lipinski definition) is 1. The Morgan fingerprint density at radius 2 is 2.00 bits per heavy atom. The summed E-state index contributed by atoms with van der Waals surface area (Å²) in [5.41, 5.74) is 2.36.